The van der Waals surface area contributed by atoms with E-state index in [0.29, 0.717) is 12.1 Å². The summed E-state index contributed by atoms with van der Waals surface area (Å²) in [5.41, 5.74) is 2.73. The molecule has 0 amide bonds. The molecule has 0 spiro atoms. The Hall–Kier alpha value is -1.19. The van der Waals surface area contributed by atoms with Gasteiger partial charge in [0, 0.05) is 12.4 Å². The molecule has 0 fully saturated rings. The molecule has 1 aliphatic heterocycles. The molecule has 0 N–H and O–H groups in total. The first-order chi connectivity index (χ1) is 11.3. The maximum atomic E-state index is 2.33. The van der Waals surface area contributed by atoms with Crippen LogP contribution >= 0.6 is 0 Å². The van der Waals surface area contributed by atoms with E-state index >= 15 is 0 Å². The van der Waals surface area contributed by atoms with Crippen molar-refractivity contribution in [3.8, 4) is 0 Å². The van der Waals surface area contributed by atoms with E-state index < -0.39 is 0 Å². The van der Waals surface area contributed by atoms with Gasteiger partial charge in [0.15, 0.2) is 0 Å². The summed E-state index contributed by atoms with van der Waals surface area (Å²) >= 11 is 0. The summed E-state index contributed by atoms with van der Waals surface area (Å²) in [7, 11) is 0. The van der Waals surface area contributed by atoms with Crippen molar-refractivity contribution in [2.45, 2.75) is 38.8 Å². The van der Waals surface area contributed by atoms with Crippen molar-refractivity contribution >= 4 is 0 Å². The van der Waals surface area contributed by atoms with Gasteiger partial charge < -0.3 is 22.2 Å². The molecule has 1 heterocycles. The Labute approximate surface area is 173 Å². The van der Waals surface area contributed by atoms with Crippen LogP contribution in [0.1, 0.15) is 49.9 Å². The normalized spacial score (nSPS) is 15.3. The van der Waals surface area contributed by atoms with Crippen LogP contribution in [-0.4, -0.2) is 9.80 Å². The zero-order chi connectivity index (χ0) is 16.1. The first kappa shape index (κ1) is 21.9. The quantitative estimate of drug-likeness (QED) is 0.627. The summed E-state index contributed by atoms with van der Waals surface area (Å²) in [6.07, 6.45) is 6.57. The molecule has 0 unspecified atom stereocenters. The van der Waals surface area contributed by atoms with Crippen molar-refractivity contribution in [3.05, 3.63) is 90.9 Å². The third-order valence-corrected chi connectivity index (χ3v) is 4.54. The molecule has 1 radical (unpaired) electrons. The van der Waals surface area contributed by atoms with Gasteiger partial charge in [-0.25, -0.2) is 0 Å². The average molecular weight is 449 g/mol. The van der Waals surface area contributed by atoms with Crippen LogP contribution in [0, 0.1) is 6.67 Å². The van der Waals surface area contributed by atoms with Gasteiger partial charge in [-0.1, -0.05) is 74.5 Å². The molecule has 0 aliphatic carbocycles. The smallest absolute Gasteiger partial charge is 1.00 e. The van der Waals surface area contributed by atoms with Crippen molar-refractivity contribution in [2.24, 2.45) is 0 Å². The van der Waals surface area contributed by atoms with Crippen LogP contribution in [0.25, 0.3) is 0 Å². The van der Waals surface area contributed by atoms with Gasteiger partial charge >= 0.3 is 22.4 Å². The van der Waals surface area contributed by atoms with E-state index in [1.54, 1.807) is 0 Å². The molecule has 0 saturated carbocycles. The molecule has 3 rings (SSSR count). The van der Waals surface area contributed by atoms with Crippen LogP contribution in [0.5, 0.6) is 0 Å². The molecule has 2 atom stereocenters. The van der Waals surface area contributed by atoms with Gasteiger partial charge in [0.2, 0.25) is 0 Å². The third kappa shape index (κ3) is 5.15. The second-order valence-electron chi connectivity index (χ2n) is 5.98. The predicted octanol–water partition coefficient (Wildman–Crippen LogP) is 2.50. The van der Waals surface area contributed by atoms with Crippen LogP contribution in [0.4, 0.5) is 0 Å². The number of hydrogen-bond donors (Lipinski definition) is 0. The molecule has 4 heteroatoms. The summed E-state index contributed by atoms with van der Waals surface area (Å²) < 4.78 is 0. The molecule has 2 nitrogen and oxygen atoms in total. The van der Waals surface area contributed by atoms with Gasteiger partial charge in [-0.3, -0.25) is 0 Å². The first-order valence-electron chi connectivity index (χ1n) is 8.51. The fourth-order valence-corrected chi connectivity index (χ4v) is 3.34. The minimum absolute atomic E-state index is 0. The van der Waals surface area contributed by atoms with Crippen molar-refractivity contribution < 1.29 is 34.8 Å². The van der Waals surface area contributed by atoms with Gasteiger partial charge in [0.25, 0.3) is 0 Å². The van der Waals surface area contributed by atoms with E-state index in [2.05, 4.69) is 103 Å². The average Bonchev–Trinajstić information content (AvgIpc) is 3.08. The molecule has 0 saturated heterocycles. The molecule has 137 valence electrons. The summed E-state index contributed by atoms with van der Waals surface area (Å²) in [6.45, 7) is 6.75. The largest absolute Gasteiger partial charge is 1.00 e. The summed E-state index contributed by atoms with van der Waals surface area (Å²) in [5, 5.41) is 0. The van der Waals surface area contributed by atoms with Crippen molar-refractivity contribution in [1.29, 1.82) is 0 Å². The minimum Gasteiger partial charge on any atom is -1.00 e. The standard InChI is InChI=1S/C21H25N2.Ag.ClH/c1-3-20(18-11-7-5-8-12-18)22-15-16-23(17-22)21(4-2)19-13-9-6-10-14-19;;/h5-17,20-21H,3-4H2,1-2H3;;1H/q;+1;/p-1/t20-,21-;;/m0../s1. The second-order valence-corrected chi connectivity index (χ2v) is 5.98. The molecule has 0 aromatic heterocycles. The minimum atomic E-state index is 0. The fraction of sp³-hybridized carbons (Fsp3) is 0.286. The van der Waals surface area contributed by atoms with Crippen LogP contribution in [0.3, 0.4) is 0 Å². The van der Waals surface area contributed by atoms with Gasteiger partial charge in [-0.05, 0) is 24.0 Å². The molecule has 25 heavy (non-hydrogen) atoms. The topological polar surface area (TPSA) is 6.48 Å². The van der Waals surface area contributed by atoms with Gasteiger partial charge in [0.1, 0.15) is 6.67 Å². The first-order valence-corrected chi connectivity index (χ1v) is 8.51. The number of rotatable bonds is 6. The molecule has 0 bridgehead atoms. The van der Waals surface area contributed by atoms with E-state index in [1.807, 2.05) is 0 Å². The Balaban J connectivity index is 0.00000156. The van der Waals surface area contributed by atoms with Gasteiger partial charge in [0.05, 0.1) is 12.1 Å². The van der Waals surface area contributed by atoms with Crippen LogP contribution < -0.4 is 12.4 Å². The predicted molar refractivity (Wildman–Crippen MR) is 96.1 cm³/mol. The van der Waals surface area contributed by atoms with Crippen LogP contribution in [0.15, 0.2) is 73.1 Å². The number of hydrogen-bond acceptors (Lipinski definition) is 2. The summed E-state index contributed by atoms with van der Waals surface area (Å²) in [5.74, 6) is 0. The SMILES string of the molecule is CC[C@@H](c1ccccc1)N1[CH]N([C@@H](CC)c2ccccc2)C=C1.[Ag+].[Cl-]. The van der Waals surface area contributed by atoms with Crippen molar-refractivity contribution in [3.63, 3.8) is 0 Å². The number of halogens is 1. The van der Waals surface area contributed by atoms with E-state index in [0.717, 1.165) is 12.8 Å². The van der Waals surface area contributed by atoms with E-state index in [4.69, 9.17) is 0 Å². The zero-order valence-electron chi connectivity index (χ0n) is 14.6. The summed E-state index contributed by atoms with van der Waals surface area (Å²) in [6, 6.07) is 22.3. The summed E-state index contributed by atoms with van der Waals surface area (Å²) in [4.78, 5) is 4.67. The second kappa shape index (κ2) is 10.7. The molecule has 2 aromatic carbocycles. The van der Waals surface area contributed by atoms with Crippen LogP contribution in [0.2, 0.25) is 0 Å². The number of benzene rings is 2. The number of nitrogens with zero attached hydrogens (tertiary/aromatic N) is 2. The Morgan fingerprint density at radius 3 is 1.36 bits per heavy atom. The maximum absolute atomic E-state index is 2.33. The molecular weight excluding hydrogens is 424 g/mol. The van der Waals surface area contributed by atoms with Crippen molar-refractivity contribution in [1.82, 2.24) is 9.80 Å². The Kier molecular flexibility index (Phi) is 9.37. The van der Waals surface area contributed by atoms with Gasteiger partial charge in [-0.2, -0.15) is 0 Å². The maximum Gasteiger partial charge on any atom is 1.00 e. The third-order valence-electron chi connectivity index (χ3n) is 4.54. The van der Waals surface area contributed by atoms with E-state index in [9.17, 15) is 0 Å². The molecule has 1 aliphatic rings. The Morgan fingerprint density at radius 2 is 1.04 bits per heavy atom. The van der Waals surface area contributed by atoms with Gasteiger partial charge in [-0.15, -0.1) is 0 Å². The molecule has 2 aromatic rings. The van der Waals surface area contributed by atoms with Crippen molar-refractivity contribution in [2.75, 3.05) is 0 Å². The zero-order valence-corrected chi connectivity index (χ0v) is 16.9. The van der Waals surface area contributed by atoms with Crippen LogP contribution in [-0.2, 0) is 22.4 Å². The fourth-order valence-electron chi connectivity index (χ4n) is 3.34. The monoisotopic (exact) mass is 447 g/mol. The Morgan fingerprint density at radius 1 is 0.680 bits per heavy atom. The molecular formula is C21H25AgClN2. The van der Waals surface area contributed by atoms with E-state index in [1.165, 1.54) is 11.1 Å². The van der Waals surface area contributed by atoms with E-state index in [-0.39, 0.29) is 34.8 Å². The Bertz CT molecular complexity index is 577.